The van der Waals surface area contributed by atoms with E-state index < -0.39 is 0 Å². The number of hydrogen-bond acceptors (Lipinski definition) is 6. The summed E-state index contributed by atoms with van der Waals surface area (Å²) >= 11 is 7.09. The van der Waals surface area contributed by atoms with Crippen molar-refractivity contribution in [3.63, 3.8) is 0 Å². The first-order valence-electron chi connectivity index (χ1n) is 10.7. The van der Waals surface area contributed by atoms with Crippen LogP contribution in [0.1, 0.15) is 57.6 Å². The van der Waals surface area contributed by atoms with Crippen LogP contribution >= 0.6 is 47.0 Å². The number of rotatable bonds is 13. The normalized spacial score (nSPS) is 12.3. The molecule has 0 saturated carbocycles. The Balaban J connectivity index is 2.55. The lowest BCUT2D eigenvalue weighted by atomic mass is 9.86. The average Bonchev–Trinajstić information content (AvgIpc) is 2.73. The predicted molar refractivity (Wildman–Crippen MR) is 139 cm³/mol. The van der Waals surface area contributed by atoms with Crippen LogP contribution in [0.2, 0.25) is 0 Å². The van der Waals surface area contributed by atoms with Gasteiger partial charge in [0.2, 0.25) is 0 Å². The highest BCUT2D eigenvalue weighted by atomic mass is 32.2. The van der Waals surface area contributed by atoms with Gasteiger partial charge in [-0.1, -0.05) is 39.8 Å². The maximum Gasteiger partial charge on any atom is 0.133 e. The Morgan fingerprint density at radius 1 is 0.767 bits per heavy atom. The molecule has 0 aliphatic rings. The van der Waals surface area contributed by atoms with Gasteiger partial charge in [-0.3, -0.25) is 0 Å². The summed E-state index contributed by atoms with van der Waals surface area (Å²) in [5, 5.41) is 22.3. The molecule has 1 atom stereocenters. The van der Waals surface area contributed by atoms with Crippen LogP contribution in [0, 0.1) is 0 Å². The van der Waals surface area contributed by atoms with E-state index in [-0.39, 0.29) is 5.92 Å². The quantitative estimate of drug-likeness (QED) is 0.222. The Labute approximate surface area is 199 Å². The molecular weight excluding hydrogens is 449 g/mol. The molecule has 0 aliphatic heterocycles. The van der Waals surface area contributed by atoms with Gasteiger partial charge in [-0.25, -0.2) is 0 Å². The molecule has 2 aromatic carbocycles. The maximum absolute atomic E-state index is 11.2. The molecule has 0 spiro atoms. The number of aromatic hydroxyl groups is 2. The first-order chi connectivity index (χ1) is 14.6. The summed E-state index contributed by atoms with van der Waals surface area (Å²) in [6, 6.07) is 10.3. The van der Waals surface area contributed by atoms with Gasteiger partial charge in [0.15, 0.2) is 0 Å². The third-order valence-corrected chi connectivity index (χ3v) is 8.44. The topological polar surface area (TPSA) is 40.5 Å². The molecule has 0 aromatic heterocycles. The second kappa shape index (κ2) is 13.8. The number of benzene rings is 2. The zero-order valence-electron chi connectivity index (χ0n) is 18.4. The lowest BCUT2D eigenvalue weighted by Crippen LogP contribution is -2.05. The lowest BCUT2D eigenvalue weighted by molar-refractivity contribution is 0.437. The van der Waals surface area contributed by atoms with E-state index in [1.165, 1.54) is 4.90 Å². The second-order valence-corrected chi connectivity index (χ2v) is 12.1. The van der Waals surface area contributed by atoms with Crippen LogP contribution in [0.4, 0.5) is 0 Å². The maximum atomic E-state index is 11.2. The molecule has 0 fully saturated rings. The fourth-order valence-electron chi connectivity index (χ4n) is 3.49. The van der Waals surface area contributed by atoms with E-state index in [1.54, 1.807) is 35.3 Å². The highest BCUT2D eigenvalue weighted by Crippen LogP contribution is 2.46. The van der Waals surface area contributed by atoms with Gasteiger partial charge in [-0.05, 0) is 59.8 Å². The molecule has 2 rings (SSSR count). The van der Waals surface area contributed by atoms with Crippen molar-refractivity contribution in [2.75, 3.05) is 28.8 Å². The summed E-state index contributed by atoms with van der Waals surface area (Å²) < 4.78 is 0. The minimum absolute atomic E-state index is 0.0199. The molecule has 0 heterocycles. The van der Waals surface area contributed by atoms with E-state index >= 15 is 0 Å². The van der Waals surface area contributed by atoms with E-state index in [4.69, 9.17) is 0 Å². The molecule has 0 saturated heterocycles. The van der Waals surface area contributed by atoms with Crippen LogP contribution in [0.3, 0.4) is 0 Å². The molecule has 2 nitrogen and oxygen atoms in total. The van der Waals surface area contributed by atoms with Crippen LogP contribution in [-0.4, -0.2) is 39.0 Å². The molecule has 0 amide bonds. The smallest absolute Gasteiger partial charge is 0.133 e. The van der Waals surface area contributed by atoms with Gasteiger partial charge >= 0.3 is 0 Å². The Kier molecular flexibility index (Phi) is 11.8. The summed E-state index contributed by atoms with van der Waals surface area (Å²) in [4.78, 5) is 3.05. The average molecular weight is 483 g/mol. The molecule has 2 N–H and O–H groups in total. The van der Waals surface area contributed by atoms with Crippen molar-refractivity contribution >= 4 is 47.0 Å². The molecular formula is C24H34O2S4. The summed E-state index contributed by atoms with van der Waals surface area (Å²) in [7, 11) is 0. The minimum atomic E-state index is -0.0199. The monoisotopic (exact) mass is 482 g/mol. The number of para-hydroxylation sites is 1. The zero-order chi connectivity index (χ0) is 21.9. The molecule has 166 valence electrons. The summed E-state index contributed by atoms with van der Waals surface area (Å²) in [6.45, 7) is 8.55. The van der Waals surface area contributed by atoms with Crippen molar-refractivity contribution in [3.8, 4) is 11.5 Å². The Bertz CT molecular complexity index is 795. The van der Waals surface area contributed by atoms with Gasteiger partial charge in [0.05, 0.1) is 4.90 Å². The fraction of sp³-hybridized carbons (Fsp3) is 0.500. The molecule has 0 aliphatic carbocycles. The highest BCUT2D eigenvalue weighted by molar-refractivity contribution is 8.00. The number of thioether (sulfide) groups is 4. The number of hydrogen-bond donors (Lipinski definition) is 2. The van der Waals surface area contributed by atoms with E-state index in [2.05, 4.69) is 39.8 Å². The molecule has 0 bridgehead atoms. The third kappa shape index (κ3) is 6.98. The summed E-state index contributed by atoms with van der Waals surface area (Å²) in [5.41, 5.74) is 1.87. The third-order valence-electron chi connectivity index (χ3n) is 4.76. The minimum Gasteiger partial charge on any atom is -0.506 e. The SMILES string of the molecule is CCSCCCC(c1cccc(SCC)c1O)c1cc(SCC)cc(SCC)c1O. The van der Waals surface area contributed by atoms with Crippen molar-refractivity contribution in [3.05, 3.63) is 41.5 Å². The van der Waals surface area contributed by atoms with E-state index in [0.29, 0.717) is 11.5 Å². The zero-order valence-corrected chi connectivity index (χ0v) is 21.7. The number of phenols is 2. The Hall–Kier alpha value is -0.560. The van der Waals surface area contributed by atoms with Gasteiger partial charge < -0.3 is 10.2 Å². The van der Waals surface area contributed by atoms with Gasteiger partial charge in [0.25, 0.3) is 0 Å². The van der Waals surface area contributed by atoms with E-state index in [9.17, 15) is 10.2 Å². The largest absolute Gasteiger partial charge is 0.506 e. The van der Waals surface area contributed by atoms with Gasteiger partial charge in [-0.15, -0.1) is 35.3 Å². The van der Waals surface area contributed by atoms with Crippen LogP contribution in [0.5, 0.6) is 11.5 Å². The van der Waals surface area contributed by atoms with Crippen LogP contribution < -0.4 is 0 Å². The van der Waals surface area contributed by atoms with Gasteiger partial charge in [0.1, 0.15) is 11.5 Å². The van der Waals surface area contributed by atoms with Crippen molar-refractivity contribution in [1.29, 1.82) is 0 Å². The Morgan fingerprint density at radius 3 is 2.10 bits per heavy atom. The van der Waals surface area contributed by atoms with Crippen molar-refractivity contribution in [1.82, 2.24) is 0 Å². The van der Waals surface area contributed by atoms with Crippen LogP contribution in [-0.2, 0) is 0 Å². The van der Waals surface area contributed by atoms with Gasteiger partial charge in [0, 0.05) is 26.8 Å². The van der Waals surface area contributed by atoms with E-state index in [1.807, 2.05) is 30.0 Å². The number of phenolic OH excluding ortho intramolecular Hbond substituents is 2. The molecule has 0 radical (unpaired) electrons. The second-order valence-electron chi connectivity index (χ2n) is 6.74. The lowest BCUT2D eigenvalue weighted by Gasteiger charge is -2.23. The first-order valence-corrected chi connectivity index (χ1v) is 14.8. The van der Waals surface area contributed by atoms with Crippen molar-refractivity contribution < 1.29 is 10.2 Å². The van der Waals surface area contributed by atoms with Crippen molar-refractivity contribution in [2.24, 2.45) is 0 Å². The summed E-state index contributed by atoms with van der Waals surface area (Å²) in [5.74, 6) is 5.76. The van der Waals surface area contributed by atoms with Crippen LogP contribution in [0.15, 0.2) is 45.0 Å². The molecule has 6 heteroatoms. The molecule has 2 aromatic rings. The molecule has 1 unspecified atom stereocenters. The van der Waals surface area contributed by atoms with E-state index in [0.717, 1.165) is 62.5 Å². The first kappa shape index (κ1) is 25.7. The van der Waals surface area contributed by atoms with Crippen LogP contribution in [0.25, 0.3) is 0 Å². The molecule has 30 heavy (non-hydrogen) atoms. The van der Waals surface area contributed by atoms with Gasteiger partial charge in [-0.2, -0.15) is 11.8 Å². The highest BCUT2D eigenvalue weighted by Gasteiger charge is 2.24. The standard InChI is InChI=1S/C24H34O2S4/c1-5-27-14-10-12-18(19-11-9-13-21(23(19)25)29-7-3)20-15-17(28-6-2)16-22(24(20)26)30-8-4/h9,11,13,15-16,18,25-26H,5-8,10,12,14H2,1-4H3. The Morgan fingerprint density at radius 2 is 1.43 bits per heavy atom. The predicted octanol–water partition coefficient (Wildman–Crippen LogP) is 8.10. The van der Waals surface area contributed by atoms with Crippen molar-refractivity contribution in [2.45, 2.75) is 61.1 Å². The summed E-state index contributed by atoms with van der Waals surface area (Å²) in [6.07, 6.45) is 1.96. The fourth-order valence-corrected chi connectivity index (χ4v) is 6.48.